The minimum atomic E-state index is 0. The van der Waals surface area contributed by atoms with Crippen molar-refractivity contribution in [3.05, 3.63) is 35.4 Å². The third-order valence-corrected chi connectivity index (χ3v) is 4.02. The van der Waals surface area contributed by atoms with Crippen molar-refractivity contribution in [2.75, 3.05) is 19.6 Å². The molecule has 0 radical (unpaired) electrons. The highest BCUT2D eigenvalue weighted by atomic mass is 35.5. The average Bonchev–Trinajstić information content (AvgIpc) is 2.98. The maximum absolute atomic E-state index is 11.8. The van der Waals surface area contributed by atoms with Gasteiger partial charge in [-0.15, -0.1) is 12.4 Å². The normalized spacial score (nSPS) is 17.6. The lowest BCUT2D eigenvalue weighted by Crippen LogP contribution is -2.32. The maximum atomic E-state index is 11.8. The third kappa shape index (κ3) is 5.68. The Balaban J connectivity index is 0.00000220. The third-order valence-electron chi connectivity index (χ3n) is 4.02. The Bertz CT molecular complexity index is 425. The van der Waals surface area contributed by atoms with Crippen molar-refractivity contribution in [2.24, 2.45) is 5.92 Å². The quantitative estimate of drug-likeness (QED) is 0.793. The summed E-state index contributed by atoms with van der Waals surface area (Å²) < 4.78 is 0. The summed E-state index contributed by atoms with van der Waals surface area (Å²) in [5.41, 5.74) is 2.74. The lowest BCUT2D eigenvalue weighted by Gasteiger charge is -2.10. The van der Waals surface area contributed by atoms with Crippen LogP contribution in [-0.4, -0.2) is 25.5 Å². The van der Waals surface area contributed by atoms with Crippen LogP contribution in [0.25, 0.3) is 0 Å². The number of nitrogens with one attached hydrogen (secondary N) is 2. The summed E-state index contributed by atoms with van der Waals surface area (Å²) >= 11 is 0. The number of carbonyl (C=O) groups excluding carboxylic acids is 1. The first-order valence-electron chi connectivity index (χ1n) is 7.74. The first kappa shape index (κ1) is 18.0. The van der Waals surface area contributed by atoms with Gasteiger partial charge in [0.2, 0.25) is 5.91 Å². The van der Waals surface area contributed by atoms with Crippen LogP contribution in [0.4, 0.5) is 0 Å². The Morgan fingerprint density at radius 3 is 2.62 bits per heavy atom. The van der Waals surface area contributed by atoms with Crippen LogP contribution in [-0.2, 0) is 11.2 Å². The molecule has 1 unspecified atom stereocenters. The summed E-state index contributed by atoms with van der Waals surface area (Å²) in [4.78, 5) is 11.8. The molecule has 1 fully saturated rings. The van der Waals surface area contributed by atoms with E-state index in [9.17, 15) is 4.79 Å². The minimum Gasteiger partial charge on any atom is -0.356 e. The molecule has 0 spiro atoms. The van der Waals surface area contributed by atoms with E-state index in [4.69, 9.17) is 0 Å². The molecule has 21 heavy (non-hydrogen) atoms. The number of amides is 1. The van der Waals surface area contributed by atoms with E-state index >= 15 is 0 Å². The van der Waals surface area contributed by atoms with E-state index < -0.39 is 0 Å². The van der Waals surface area contributed by atoms with Crippen molar-refractivity contribution in [1.82, 2.24) is 10.6 Å². The van der Waals surface area contributed by atoms with Crippen molar-refractivity contribution in [1.29, 1.82) is 0 Å². The zero-order valence-electron chi connectivity index (χ0n) is 13.0. The highest BCUT2D eigenvalue weighted by molar-refractivity contribution is 5.85. The number of hydrogen-bond donors (Lipinski definition) is 2. The van der Waals surface area contributed by atoms with Crippen molar-refractivity contribution in [2.45, 2.75) is 39.0 Å². The van der Waals surface area contributed by atoms with E-state index in [1.54, 1.807) is 0 Å². The fourth-order valence-electron chi connectivity index (χ4n) is 2.60. The van der Waals surface area contributed by atoms with Gasteiger partial charge in [0.1, 0.15) is 0 Å². The number of benzene rings is 1. The lowest BCUT2D eigenvalue weighted by atomic mass is 10.0. The van der Waals surface area contributed by atoms with Crippen LogP contribution in [0.15, 0.2) is 24.3 Å². The highest BCUT2D eigenvalue weighted by Gasteiger charge is 2.21. The van der Waals surface area contributed by atoms with Gasteiger partial charge in [-0.3, -0.25) is 4.79 Å². The second-order valence-electron chi connectivity index (χ2n) is 5.98. The Morgan fingerprint density at radius 1 is 1.33 bits per heavy atom. The zero-order valence-corrected chi connectivity index (χ0v) is 13.8. The van der Waals surface area contributed by atoms with Gasteiger partial charge in [-0.2, -0.15) is 0 Å². The van der Waals surface area contributed by atoms with Crippen molar-refractivity contribution in [3.63, 3.8) is 0 Å². The summed E-state index contributed by atoms with van der Waals surface area (Å²) in [5.74, 6) is 0.980. The number of rotatable bonds is 6. The molecule has 1 heterocycles. The van der Waals surface area contributed by atoms with E-state index in [2.05, 4.69) is 48.7 Å². The van der Waals surface area contributed by atoms with E-state index in [-0.39, 0.29) is 24.2 Å². The van der Waals surface area contributed by atoms with E-state index in [0.29, 0.717) is 5.92 Å². The van der Waals surface area contributed by atoms with Gasteiger partial charge < -0.3 is 10.6 Å². The molecule has 1 saturated heterocycles. The predicted molar refractivity (Wildman–Crippen MR) is 90.1 cm³/mol. The molecule has 1 aromatic carbocycles. The molecule has 1 atom stereocenters. The molecule has 4 heteroatoms. The monoisotopic (exact) mass is 310 g/mol. The van der Waals surface area contributed by atoms with Gasteiger partial charge in [0.05, 0.1) is 5.92 Å². The van der Waals surface area contributed by atoms with Gasteiger partial charge in [-0.1, -0.05) is 38.1 Å². The molecule has 1 aromatic rings. The van der Waals surface area contributed by atoms with E-state index in [0.717, 1.165) is 38.9 Å². The van der Waals surface area contributed by atoms with Gasteiger partial charge in [-0.05, 0) is 42.9 Å². The smallest absolute Gasteiger partial charge is 0.224 e. The van der Waals surface area contributed by atoms with Gasteiger partial charge in [0, 0.05) is 13.1 Å². The van der Waals surface area contributed by atoms with Gasteiger partial charge >= 0.3 is 0 Å². The molecule has 2 N–H and O–H groups in total. The van der Waals surface area contributed by atoms with Crippen LogP contribution < -0.4 is 10.6 Å². The summed E-state index contributed by atoms with van der Waals surface area (Å²) in [6.07, 6.45) is 3.01. The molecular weight excluding hydrogens is 284 g/mol. The summed E-state index contributed by atoms with van der Waals surface area (Å²) in [6, 6.07) is 8.83. The Morgan fingerprint density at radius 2 is 2.05 bits per heavy atom. The van der Waals surface area contributed by atoms with Gasteiger partial charge in [0.25, 0.3) is 0 Å². The minimum absolute atomic E-state index is 0. The number of carbonyl (C=O) groups is 1. The molecule has 0 bridgehead atoms. The summed E-state index contributed by atoms with van der Waals surface area (Å²) in [6.45, 7) is 7.01. The standard InChI is InChI=1S/C17H26N2O.ClH/c1-13(2)15-7-5-14(6-8-15)4-3-10-19-17(20)16-9-11-18-12-16;/h5-8,13,16,18H,3-4,9-12H2,1-2H3,(H,19,20);1H. The molecule has 3 nitrogen and oxygen atoms in total. The molecular formula is C17H27ClN2O. The first-order chi connectivity index (χ1) is 9.66. The van der Waals surface area contributed by atoms with Crippen LogP contribution in [0.2, 0.25) is 0 Å². The molecule has 0 aliphatic carbocycles. The van der Waals surface area contributed by atoms with Crippen LogP contribution >= 0.6 is 12.4 Å². The molecule has 0 aromatic heterocycles. The molecule has 0 saturated carbocycles. The largest absolute Gasteiger partial charge is 0.356 e. The van der Waals surface area contributed by atoms with Crippen molar-refractivity contribution >= 4 is 18.3 Å². The van der Waals surface area contributed by atoms with Crippen LogP contribution in [0.5, 0.6) is 0 Å². The number of aryl methyl sites for hydroxylation is 1. The SMILES string of the molecule is CC(C)c1ccc(CCCNC(=O)C2CCNC2)cc1.Cl. The van der Waals surface area contributed by atoms with Crippen molar-refractivity contribution < 1.29 is 4.79 Å². The summed E-state index contributed by atoms with van der Waals surface area (Å²) in [5, 5.41) is 6.27. The van der Waals surface area contributed by atoms with Gasteiger partial charge in [0.15, 0.2) is 0 Å². The fraction of sp³-hybridized carbons (Fsp3) is 0.588. The second-order valence-corrected chi connectivity index (χ2v) is 5.98. The fourth-order valence-corrected chi connectivity index (χ4v) is 2.60. The maximum Gasteiger partial charge on any atom is 0.224 e. The Labute approximate surface area is 134 Å². The summed E-state index contributed by atoms with van der Waals surface area (Å²) in [7, 11) is 0. The Kier molecular flexibility index (Phi) is 7.76. The van der Waals surface area contributed by atoms with E-state index in [1.165, 1.54) is 11.1 Å². The first-order valence-corrected chi connectivity index (χ1v) is 7.74. The molecule has 118 valence electrons. The van der Waals surface area contributed by atoms with Gasteiger partial charge in [-0.25, -0.2) is 0 Å². The topological polar surface area (TPSA) is 41.1 Å². The Hall–Kier alpha value is -1.06. The lowest BCUT2D eigenvalue weighted by molar-refractivity contribution is -0.124. The average molecular weight is 311 g/mol. The predicted octanol–water partition coefficient (Wildman–Crippen LogP) is 2.89. The highest BCUT2D eigenvalue weighted by Crippen LogP contribution is 2.15. The van der Waals surface area contributed by atoms with Crippen LogP contribution in [0.1, 0.15) is 43.7 Å². The number of hydrogen-bond acceptors (Lipinski definition) is 2. The zero-order chi connectivity index (χ0) is 14.4. The number of halogens is 1. The van der Waals surface area contributed by atoms with Crippen LogP contribution in [0.3, 0.4) is 0 Å². The molecule has 1 aliphatic rings. The molecule has 2 rings (SSSR count). The van der Waals surface area contributed by atoms with Crippen LogP contribution in [0, 0.1) is 5.92 Å². The second kappa shape index (κ2) is 9.06. The van der Waals surface area contributed by atoms with Crippen molar-refractivity contribution in [3.8, 4) is 0 Å². The van der Waals surface area contributed by atoms with E-state index in [1.807, 2.05) is 0 Å². The molecule has 1 aliphatic heterocycles. The molecule has 1 amide bonds.